The lowest BCUT2D eigenvalue weighted by atomic mass is 10.1. The minimum absolute atomic E-state index is 0.152. The van der Waals surface area contributed by atoms with Crippen molar-refractivity contribution in [3.05, 3.63) is 89.5 Å². The highest BCUT2D eigenvalue weighted by atomic mass is 32.2. The van der Waals surface area contributed by atoms with Crippen molar-refractivity contribution in [2.45, 2.75) is 30.9 Å². The Morgan fingerprint density at radius 1 is 0.818 bits per heavy atom. The molecule has 33 heavy (non-hydrogen) atoms. The number of nitrogens with one attached hydrogen (secondary N) is 2. The zero-order valence-electron chi connectivity index (χ0n) is 18.8. The predicted molar refractivity (Wildman–Crippen MR) is 132 cm³/mol. The summed E-state index contributed by atoms with van der Waals surface area (Å²) >= 11 is 1.41. The summed E-state index contributed by atoms with van der Waals surface area (Å²) in [6.45, 7) is 5.86. The molecule has 170 valence electrons. The summed E-state index contributed by atoms with van der Waals surface area (Å²) < 4.78 is 4.96. The summed E-state index contributed by atoms with van der Waals surface area (Å²) in [6, 6.07) is 21.3. The molecule has 0 heterocycles. The van der Waals surface area contributed by atoms with Gasteiger partial charge in [-0.3, -0.25) is 9.59 Å². The molecule has 0 radical (unpaired) electrons. The molecule has 2 amide bonds. The van der Waals surface area contributed by atoms with E-state index in [1.807, 2.05) is 50.2 Å². The monoisotopic (exact) mass is 462 g/mol. The van der Waals surface area contributed by atoms with Crippen LogP contribution >= 0.6 is 11.8 Å². The highest BCUT2D eigenvalue weighted by Crippen LogP contribution is 2.26. The molecule has 0 spiro atoms. The van der Waals surface area contributed by atoms with Crippen LogP contribution in [0.4, 0.5) is 11.4 Å². The second-order valence-electron chi connectivity index (χ2n) is 7.39. The van der Waals surface area contributed by atoms with Crippen LogP contribution in [0.5, 0.6) is 0 Å². The summed E-state index contributed by atoms with van der Waals surface area (Å²) in [5, 5.41) is 5.38. The van der Waals surface area contributed by atoms with Gasteiger partial charge >= 0.3 is 5.97 Å². The molecule has 0 aliphatic rings. The van der Waals surface area contributed by atoms with Gasteiger partial charge in [0, 0.05) is 21.8 Å². The van der Waals surface area contributed by atoms with Gasteiger partial charge in [0.25, 0.3) is 5.91 Å². The van der Waals surface area contributed by atoms with E-state index in [1.54, 1.807) is 43.3 Å². The molecule has 0 bridgehead atoms. The van der Waals surface area contributed by atoms with Crippen LogP contribution in [-0.2, 0) is 9.53 Å². The summed E-state index contributed by atoms with van der Waals surface area (Å²) in [6.07, 6.45) is 0. The number of benzene rings is 3. The van der Waals surface area contributed by atoms with Gasteiger partial charge in [-0.15, -0.1) is 11.8 Å². The van der Waals surface area contributed by atoms with Crippen molar-refractivity contribution < 1.29 is 19.1 Å². The Morgan fingerprint density at radius 2 is 1.36 bits per heavy atom. The fourth-order valence-corrected chi connectivity index (χ4v) is 3.80. The zero-order valence-corrected chi connectivity index (χ0v) is 19.6. The Hall–Kier alpha value is -3.58. The minimum atomic E-state index is -0.391. The maximum atomic E-state index is 12.6. The lowest BCUT2D eigenvalue weighted by Gasteiger charge is -2.13. The first-order valence-electron chi connectivity index (χ1n) is 10.6. The normalized spacial score (nSPS) is 11.4. The molecule has 0 saturated heterocycles. The number of amides is 2. The lowest BCUT2D eigenvalue weighted by molar-refractivity contribution is -0.115. The standard InChI is InChI=1S/C26H26N2O4S/c1-4-32-26(31)20-9-11-21(12-10-20)27-24(29)18(3)33-23-15-13-22(14-16-23)28-25(30)19-7-5-17(2)6-8-19/h5-16,18H,4H2,1-3H3,(H,27,29)(H,28,30). The van der Waals surface area contributed by atoms with E-state index < -0.39 is 5.97 Å². The molecule has 1 atom stereocenters. The van der Waals surface area contributed by atoms with Crippen molar-refractivity contribution in [3.8, 4) is 0 Å². The molecule has 0 aromatic heterocycles. The van der Waals surface area contributed by atoms with Gasteiger partial charge in [0.2, 0.25) is 5.91 Å². The van der Waals surface area contributed by atoms with Crippen molar-refractivity contribution in [3.63, 3.8) is 0 Å². The number of carbonyl (C=O) groups is 3. The summed E-state index contributed by atoms with van der Waals surface area (Å²) in [5.41, 5.74) is 3.42. The Morgan fingerprint density at radius 3 is 1.97 bits per heavy atom. The van der Waals surface area contributed by atoms with Crippen LogP contribution in [0.25, 0.3) is 0 Å². The lowest BCUT2D eigenvalue weighted by Crippen LogP contribution is -2.22. The molecule has 0 aliphatic carbocycles. The van der Waals surface area contributed by atoms with Crippen molar-refractivity contribution >= 4 is 40.9 Å². The van der Waals surface area contributed by atoms with Crippen molar-refractivity contribution in [1.82, 2.24) is 0 Å². The number of esters is 1. The third kappa shape index (κ3) is 6.95. The van der Waals surface area contributed by atoms with Gasteiger partial charge < -0.3 is 15.4 Å². The first kappa shape index (κ1) is 24.1. The number of rotatable bonds is 8. The topological polar surface area (TPSA) is 84.5 Å². The van der Waals surface area contributed by atoms with Crippen LogP contribution in [0.1, 0.15) is 40.1 Å². The quantitative estimate of drug-likeness (QED) is 0.339. The van der Waals surface area contributed by atoms with Gasteiger partial charge in [0.05, 0.1) is 17.4 Å². The number of anilines is 2. The van der Waals surface area contributed by atoms with E-state index in [0.717, 1.165) is 10.5 Å². The fourth-order valence-electron chi connectivity index (χ4n) is 2.93. The van der Waals surface area contributed by atoms with Gasteiger partial charge in [-0.2, -0.15) is 0 Å². The predicted octanol–water partition coefficient (Wildman–Crippen LogP) is 5.54. The van der Waals surface area contributed by atoms with E-state index in [9.17, 15) is 14.4 Å². The van der Waals surface area contributed by atoms with Crippen LogP contribution in [-0.4, -0.2) is 29.6 Å². The maximum absolute atomic E-state index is 12.6. The minimum Gasteiger partial charge on any atom is -0.462 e. The molecule has 3 aromatic carbocycles. The van der Waals surface area contributed by atoms with E-state index in [1.165, 1.54) is 11.8 Å². The van der Waals surface area contributed by atoms with Crippen LogP contribution in [0.3, 0.4) is 0 Å². The number of thioether (sulfide) groups is 1. The maximum Gasteiger partial charge on any atom is 0.338 e. The van der Waals surface area contributed by atoms with Gasteiger partial charge in [0.1, 0.15) is 0 Å². The van der Waals surface area contributed by atoms with Gasteiger partial charge in [-0.25, -0.2) is 4.79 Å². The van der Waals surface area contributed by atoms with Crippen LogP contribution in [0.2, 0.25) is 0 Å². The van der Waals surface area contributed by atoms with E-state index in [4.69, 9.17) is 4.74 Å². The average Bonchev–Trinajstić information content (AvgIpc) is 2.81. The molecular formula is C26H26N2O4S. The largest absolute Gasteiger partial charge is 0.462 e. The van der Waals surface area contributed by atoms with Crippen molar-refractivity contribution in [2.75, 3.05) is 17.2 Å². The van der Waals surface area contributed by atoms with E-state index >= 15 is 0 Å². The van der Waals surface area contributed by atoms with E-state index in [2.05, 4.69) is 10.6 Å². The second kappa shape index (κ2) is 11.3. The number of hydrogen-bond donors (Lipinski definition) is 2. The molecule has 0 aliphatic heterocycles. The number of aryl methyl sites for hydroxylation is 1. The van der Waals surface area contributed by atoms with Crippen molar-refractivity contribution in [1.29, 1.82) is 0 Å². The molecule has 6 nitrogen and oxygen atoms in total. The van der Waals surface area contributed by atoms with E-state index in [0.29, 0.717) is 29.1 Å². The van der Waals surface area contributed by atoms with Gasteiger partial charge in [-0.05, 0) is 81.4 Å². The molecule has 0 fully saturated rings. The van der Waals surface area contributed by atoms with Crippen LogP contribution in [0.15, 0.2) is 77.7 Å². The number of hydrogen-bond acceptors (Lipinski definition) is 5. The van der Waals surface area contributed by atoms with Crippen LogP contribution < -0.4 is 10.6 Å². The SMILES string of the molecule is CCOC(=O)c1ccc(NC(=O)C(C)Sc2ccc(NC(=O)c3ccc(C)cc3)cc2)cc1. The third-order valence-electron chi connectivity index (χ3n) is 4.77. The molecule has 2 N–H and O–H groups in total. The molecule has 7 heteroatoms. The second-order valence-corrected chi connectivity index (χ2v) is 8.81. The van der Waals surface area contributed by atoms with E-state index in [-0.39, 0.29) is 17.1 Å². The first-order valence-corrected chi connectivity index (χ1v) is 11.5. The highest BCUT2D eigenvalue weighted by molar-refractivity contribution is 8.00. The molecule has 0 saturated carbocycles. The smallest absolute Gasteiger partial charge is 0.338 e. The molecule has 3 rings (SSSR count). The average molecular weight is 463 g/mol. The zero-order chi connectivity index (χ0) is 23.8. The Bertz CT molecular complexity index is 1110. The van der Waals surface area contributed by atoms with Crippen molar-refractivity contribution in [2.24, 2.45) is 0 Å². The third-order valence-corrected chi connectivity index (χ3v) is 5.88. The first-order chi connectivity index (χ1) is 15.9. The highest BCUT2D eigenvalue weighted by Gasteiger charge is 2.15. The van der Waals surface area contributed by atoms with Gasteiger partial charge in [0.15, 0.2) is 0 Å². The molecule has 1 unspecified atom stereocenters. The molecular weight excluding hydrogens is 436 g/mol. The molecule has 3 aromatic rings. The Labute approximate surface area is 197 Å². The fraction of sp³-hybridized carbons (Fsp3) is 0.192. The Kier molecular flexibility index (Phi) is 8.27. The summed E-state index contributed by atoms with van der Waals surface area (Å²) in [4.78, 5) is 37.5. The number of carbonyl (C=O) groups excluding carboxylic acids is 3. The van der Waals surface area contributed by atoms with Crippen LogP contribution in [0, 0.1) is 6.92 Å². The Balaban J connectivity index is 1.52. The summed E-state index contributed by atoms with van der Waals surface area (Å²) in [7, 11) is 0. The summed E-state index contributed by atoms with van der Waals surface area (Å²) in [5.74, 6) is -0.712. The number of ether oxygens (including phenoxy) is 1. The van der Waals surface area contributed by atoms with Gasteiger partial charge in [-0.1, -0.05) is 17.7 Å².